The Morgan fingerprint density at radius 1 is 1.53 bits per heavy atom. The standard InChI is InChI=1S/C8H8BF3N3/c10-9(11,12)7-3-14-15(4-7)6-8(5-13)1-2-8/h3-4H,1-2,6H2/q-1. The lowest BCUT2D eigenvalue weighted by Gasteiger charge is -2.10. The molecule has 15 heavy (non-hydrogen) atoms. The summed E-state index contributed by atoms with van der Waals surface area (Å²) in [4.78, 5) is 0. The van der Waals surface area contributed by atoms with Crippen LogP contribution in [-0.2, 0) is 6.54 Å². The number of hydrogen-bond donors (Lipinski definition) is 0. The molecule has 2 rings (SSSR count). The first-order chi connectivity index (χ1) is 6.95. The number of aromatic nitrogens is 2. The van der Waals surface area contributed by atoms with Crippen LogP contribution in [0.2, 0.25) is 0 Å². The Morgan fingerprint density at radius 2 is 2.20 bits per heavy atom. The van der Waals surface area contributed by atoms with Gasteiger partial charge in [0.05, 0.1) is 18.0 Å². The first-order valence-electron chi connectivity index (χ1n) is 4.59. The molecule has 0 spiro atoms. The number of nitriles is 1. The van der Waals surface area contributed by atoms with Crippen LogP contribution in [0.25, 0.3) is 0 Å². The smallest absolute Gasteiger partial charge is 0.445 e. The lowest BCUT2D eigenvalue weighted by atomic mass is 9.83. The number of nitrogens with zero attached hydrogens (tertiary/aromatic N) is 3. The van der Waals surface area contributed by atoms with Crippen LogP contribution in [0.5, 0.6) is 0 Å². The molecule has 0 atom stereocenters. The third kappa shape index (κ3) is 1.98. The molecular formula is C8H8BF3N3-. The van der Waals surface area contributed by atoms with Crippen LogP contribution in [0.15, 0.2) is 12.4 Å². The van der Waals surface area contributed by atoms with Gasteiger partial charge in [-0.2, -0.15) is 10.4 Å². The van der Waals surface area contributed by atoms with Crippen LogP contribution < -0.4 is 5.46 Å². The summed E-state index contributed by atoms with van der Waals surface area (Å²) in [6.07, 6.45) is 3.27. The molecule has 1 aromatic rings. The van der Waals surface area contributed by atoms with Gasteiger partial charge in [-0.1, -0.05) is 5.46 Å². The molecule has 7 heteroatoms. The van der Waals surface area contributed by atoms with E-state index in [1.165, 1.54) is 4.68 Å². The maximum absolute atomic E-state index is 12.3. The third-order valence-corrected chi connectivity index (χ3v) is 2.59. The summed E-state index contributed by atoms with van der Waals surface area (Å²) in [6, 6.07) is 2.11. The maximum atomic E-state index is 12.3. The van der Waals surface area contributed by atoms with Crippen molar-refractivity contribution in [1.29, 1.82) is 5.26 Å². The fraction of sp³-hybridized carbons (Fsp3) is 0.500. The number of hydrogen-bond acceptors (Lipinski definition) is 2. The van der Waals surface area contributed by atoms with Crippen molar-refractivity contribution in [1.82, 2.24) is 9.78 Å². The first-order valence-corrected chi connectivity index (χ1v) is 4.59. The Balaban J connectivity index is 2.12. The third-order valence-electron chi connectivity index (χ3n) is 2.59. The molecule has 0 N–H and O–H groups in total. The minimum absolute atomic E-state index is 0.260. The molecule has 1 fully saturated rings. The molecule has 0 bridgehead atoms. The van der Waals surface area contributed by atoms with E-state index in [2.05, 4.69) is 11.2 Å². The van der Waals surface area contributed by atoms with E-state index in [-0.39, 0.29) is 6.54 Å². The summed E-state index contributed by atoms with van der Waals surface area (Å²) in [5.41, 5.74) is -1.18. The van der Waals surface area contributed by atoms with Gasteiger partial charge in [0.2, 0.25) is 0 Å². The van der Waals surface area contributed by atoms with E-state index in [9.17, 15) is 12.9 Å². The highest BCUT2D eigenvalue weighted by atomic mass is 19.4. The molecule has 1 heterocycles. The van der Waals surface area contributed by atoms with E-state index in [0.717, 1.165) is 25.2 Å². The summed E-state index contributed by atoms with van der Waals surface area (Å²) >= 11 is 0. The van der Waals surface area contributed by atoms with Crippen molar-refractivity contribution in [2.75, 3.05) is 0 Å². The van der Waals surface area contributed by atoms with Crippen molar-refractivity contribution in [2.24, 2.45) is 5.41 Å². The van der Waals surface area contributed by atoms with Gasteiger partial charge >= 0.3 is 6.98 Å². The van der Waals surface area contributed by atoms with Gasteiger partial charge in [-0.3, -0.25) is 4.68 Å². The van der Waals surface area contributed by atoms with E-state index >= 15 is 0 Å². The zero-order valence-corrected chi connectivity index (χ0v) is 7.83. The van der Waals surface area contributed by atoms with Gasteiger partial charge in [0.15, 0.2) is 0 Å². The van der Waals surface area contributed by atoms with E-state index in [0.29, 0.717) is 0 Å². The Hall–Kier alpha value is -1.45. The minimum Gasteiger partial charge on any atom is -0.445 e. The summed E-state index contributed by atoms with van der Waals surface area (Å²) in [7, 11) is 0. The fourth-order valence-electron chi connectivity index (χ4n) is 1.40. The van der Waals surface area contributed by atoms with Crippen molar-refractivity contribution < 1.29 is 12.9 Å². The van der Waals surface area contributed by atoms with Crippen LogP contribution in [-0.4, -0.2) is 16.8 Å². The van der Waals surface area contributed by atoms with Crippen LogP contribution >= 0.6 is 0 Å². The van der Waals surface area contributed by atoms with E-state index in [1.807, 2.05) is 0 Å². The topological polar surface area (TPSA) is 41.6 Å². The SMILES string of the molecule is N#CC1(Cn2cc([B-](F)(F)F)cn2)CC1. The lowest BCUT2D eigenvalue weighted by Crippen LogP contribution is -2.32. The van der Waals surface area contributed by atoms with Crippen molar-refractivity contribution in [3.63, 3.8) is 0 Å². The maximum Gasteiger partial charge on any atom is 0.512 e. The average molecular weight is 214 g/mol. The Labute approximate surface area is 84.6 Å². The highest BCUT2D eigenvalue weighted by molar-refractivity contribution is 6.73. The fourth-order valence-corrected chi connectivity index (χ4v) is 1.40. The van der Waals surface area contributed by atoms with Gasteiger partial charge in [-0.15, -0.1) is 0 Å². The Morgan fingerprint density at radius 3 is 2.60 bits per heavy atom. The van der Waals surface area contributed by atoms with Gasteiger partial charge in [-0.05, 0) is 19.0 Å². The van der Waals surface area contributed by atoms with E-state index in [4.69, 9.17) is 5.26 Å². The summed E-state index contributed by atoms with van der Waals surface area (Å²) in [5.74, 6) is 0. The molecule has 1 saturated carbocycles. The van der Waals surface area contributed by atoms with Gasteiger partial charge in [-0.25, -0.2) is 0 Å². The molecule has 1 aromatic heterocycles. The molecule has 1 aliphatic carbocycles. The van der Waals surface area contributed by atoms with Crippen LogP contribution in [0.4, 0.5) is 12.9 Å². The van der Waals surface area contributed by atoms with Gasteiger partial charge in [0, 0.05) is 6.20 Å². The quantitative estimate of drug-likeness (QED) is 0.710. The van der Waals surface area contributed by atoms with Gasteiger partial charge in [0.1, 0.15) is 0 Å². The van der Waals surface area contributed by atoms with Gasteiger partial charge < -0.3 is 12.9 Å². The normalized spacial score (nSPS) is 18.5. The number of rotatable bonds is 3. The minimum atomic E-state index is -4.98. The molecule has 0 saturated heterocycles. The molecule has 3 nitrogen and oxygen atoms in total. The Bertz CT molecular complexity index is 414. The van der Waals surface area contributed by atoms with Crippen LogP contribution in [0.3, 0.4) is 0 Å². The predicted molar refractivity (Wildman–Crippen MR) is 48.2 cm³/mol. The second-order valence-corrected chi connectivity index (χ2v) is 3.94. The average Bonchev–Trinajstić information content (AvgIpc) is 2.73. The zero-order chi connectivity index (χ0) is 11.1. The van der Waals surface area contributed by atoms with Gasteiger partial charge in [0.25, 0.3) is 0 Å². The summed E-state index contributed by atoms with van der Waals surface area (Å²) < 4.78 is 38.0. The van der Waals surface area contributed by atoms with E-state index < -0.39 is 17.9 Å². The molecule has 0 aliphatic heterocycles. The molecule has 80 valence electrons. The lowest BCUT2D eigenvalue weighted by molar-refractivity contribution is 0.484. The molecule has 0 amide bonds. The second-order valence-electron chi connectivity index (χ2n) is 3.94. The highest BCUT2D eigenvalue weighted by Gasteiger charge is 2.43. The molecule has 1 aliphatic rings. The van der Waals surface area contributed by atoms with Crippen molar-refractivity contribution >= 4 is 12.4 Å². The van der Waals surface area contributed by atoms with Crippen molar-refractivity contribution in [3.05, 3.63) is 12.4 Å². The number of halogens is 3. The van der Waals surface area contributed by atoms with Crippen molar-refractivity contribution in [3.8, 4) is 6.07 Å². The highest BCUT2D eigenvalue weighted by Crippen LogP contribution is 2.46. The summed E-state index contributed by atoms with van der Waals surface area (Å²) in [5, 5.41) is 12.4. The van der Waals surface area contributed by atoms with E-state index in [1.54, 1.807) is 0 Å². The second kappa shape index (κ2) is 3.02. The molecule has 0 aromatic carbocycles. The Kier molecular flexibility index (Phi) is 2.03. The van der Waals surface area contributed by atoms with Crippen LogP contribution in [0.1, 0.15) is 12.8 Å². The van der Waals surface area contributed by atoms with Crippen molar-refractivity contribution in [2.45, 2.75) is 19.4 Å². The zero-order valence-electron chi connectivity index (χ0n) is 7.83. The molecular weight excluding hydrogens is 206 g/mol. The summed E-state index contributed by atoms with van der Waals surface area (Å²) in [6.45, 7) is -4.72. The van der Waals surface area contributed by atoms with Crippen LogP contribution in [0, 0.1) is 16.7 Å². The largest absolute Gasteiger partial charge is 0.512 e. The molecule has 0 radical (unpaired) electrons. The first kappa shape index (κ1) is 10.1. The predicted octanol–water partition coefficient (Wildman–Crippen LogP) is 1.24. The molecule has 0 unspecified atom stereocenters. The monoisotopic (exact) mass is 214 g/mol.